The SMILES string of the molecule is Cc1cc(C)c(C)c(N(c2ccc(C3(c4ccc(N(c5c(C)c(C)cc(C)c5C)c5c(C)c(C)cc(C)c5C)cc4)c4ccccc4N(c4ccccc4)c4ccccc43)cc2)c2c(C)c(C)cc(C)c2C)c1C. The molecule has 0 spiro atoms. The van der Waals surface area contributed by atoms with Gasteiger partial charge in [0.05, 0.1) is 39.5 Å². The minimum atomic E-state index is -0.708. The van der Waals surface area contributed by atoms with Crippen LogP contribution in [0.25, 0.3) is 0 Å². The molecule has 0 unspecified atom stereocenters. The van der Waals surface area contributed by atoms with Crippen molar-refractivity contribution in [3.8, 4) is 0 Å². The molecule has 0 saturated carbocycles. The Morgan fingerprint density at radius 3 is 0.824 bits per heavy atom. The van der Waals surface area contributed by atoms with Gasteiger partial charge < -0.3 is 14.7 Å². The molecule has 0 aromatic heterocycles. The highest BCUT2D eigenvalue weighted by Crippen LogP contribution is 2.59. The molecule has 0 aliphatic carbocycles. The lowest BCUT2D eigenvalue weighted by Crippen LogP contribution is -2.37. The number of hydrogen-bond acceptors (Lipinski definition) is 3. The largest absolute Gasteiger partial charge is 0.310 e. The summed E-state index contributed by atoms with van der Waals surface area (Å²) < 4.78 is 0. The van der Waals surface area contributed by atoms with Crippen molar-refractivity contribution in [3.05, 3.63) is 263 Å². The highest BCUT2D eigenvalue weighted by molar-refractivity contribution is 5.92. The second-order valence-electron chi connectivity index (χ2n) is 21.7. The van der Waals surface area contributed by atoms with E-state index in [9.17, 15) is 0 Å². The number of anilines is 9. The molecule has 1 heterocycles. The first-order chi connectivity index (χ1) is 35.4. The van der Waals surface area contributed by atoms with Crippen molar-refractivity contribution in [2.45, 2.75) is 116 Å². The third-order valence-corrected chi connectivity index (χ3v) is 17.4. The van der Waals surface area contributed by atoms with Crippen LogP contribution in [0.3, 0.4) is 0 Å². The van der Waals surface area contributed by atoms with Crippen LogP contribution in [0.5, 0.6) is 0 Å². The molecule has 0 saturated heterocycles. The van der Waals surface area contributed by atoms with Crippen LogP contribution >= 0.6 is 0 Å². The van der Waals surface area contributed by atoms with Gasteiger partial charge in [0.2, 0.25) is 0 Å². The van der Waals surface area contributed by atoms with Crippen LogP contribution in [-0.4, -0.2) is 0 Å². The predicted octanol–water partition coefficient (Wildman–Crippen LogP) is 19.7. The molecular formula is C71H73N3. The minimum absolute atomic E-state index is 0.708. The first-order valence-corrected chi connectivity index (χ1v) is 26.5. The van der Waals surface area contributed by atoms with Crippen molar-refractivity contribution >= 4 is 51.2 Å². The Kier molecular flexibility index (Phi) is 12.8. The topological polar surface area (TPSA) is 9.72 Å². The molecule has 1 aliphatic rings. The molecule has 372 valence electrons. The van der Waals surface area contributed by atoms with Gasteiger partial charge in [-0.05, 0) is 271 Å². The van der Waals surface area contributed by atoms with Crippen LogP contribution in [0.4, 0.5) is 51.2 Å². The van der Waals surface area contributed by atoms with E-state index < -0.39 is 5.41 Å². The zero-order valence-electron chi connectivity index (χ0n) is 46.8. The van der Waals surface area contributed by atoms with Crippen LogP contribution < -0.4 is 14.7 Å². The van der Waals surface area contributed by atoms with Gasteiger partial charge in [-0.1, -0.05) is 103 Å². The molecule has 74 heavy (non-hydrogen) atoms. The highest BCUT2D eigenvalue weighted by atomic mass is 15.2. The average Bonchev–Trinajstić information content (AvgIpc) is 3.40. The molecule has 0 N–H and O–H groups in total. The van der Waals surface area contributed by atoms with E-state index in [2.05, 4.69) is 277 Å². The van der Waals surface area contributed by atoms with Gasteiger partial charge in [-0.15, -0.1) is 0 Å². The zero-order chi connectivity index (χ0) is 52.7. The summed E-state index contributed by atoms with van der Waals surface area (Å²) in [5.41, 5.74) is 35.8. The van der Waals surface area contributed by atoms with Crippen molar-refractivity contribution in [1.29, 1.82) is 0 Å². The second kappa shape index (κ2) is 19.0. The lowest BCUT2D eigenvalue weighted by Gasteiger charge is -2.46. The Balaban J connectivity index is 1.27. The summed E-state index contributed by atoms with van der Waals surface area (Å²) in [7, 11) is 0. The first kappa shape index (κ1) is 49.9. The first-order valence-electron chi connectivity index (χ1n) is 26.5. The maximum atomic E-state index is 2.57. The average molecular weight is 968 g/mol. The van der Waals surface area contributed by atoms with E-state index >= 15 is 0 Å². The Morgan fingerprint density at radius 2 is 0.541 bits per heavy atom. The van der Waals surface area contributed by atoms with Crippen LogP contribution in [-0.2, 0) is 5.41 Å². The van der Waals surface area contributed by atoms with E-state index in [1.165, 1.54) is 145 Å². The Labute approximate surface area is 442 Å². The fraction of sp³-hybridized carbons (Fsp3) is 0.239. The third kappa shape index (κ3) is 7.78. The van der Waals surface area contributed by atoms with Gasteiger partial charge in [0.25, 0.3) is 0 Å². The van der Waals surface area contributed by atoms with Crippen molar-refractivity contribution in [2.75, 3.05) is 14.7 Å². The van der Waals surface area contributed by atoms with Crippen LogP contribution in [0.1, 0.15) is 111 Å². The second-order valence-corrected chi connectivity index (χ2v) is 21.7. The highest BCUT2D eigenvalue weighted by Gasteiger charge is 2.46. The van der Waals surface area contributed by atoms with Gasteiger partial charge in [0.1, 0.15) is 0 Å². The molecule has 3 nitrogen and oxygen atoms in total. The van der Waals surface area contributed by atoms with E-state index in [0.29, 0.717) is 0 Å². The van der Waals surface area contributed by atoms with E-state index in [4.69, 9.17) is 0 Å². The summed E-state index contributed by atoms with van der Waals surface area (Å²) in [5.74, 6) is 0. The van der Waals surface area contributed by atoms with Crippen molar-refractivity contribution in [1.82, 2.24) is 0 Å². The summed E-state index contributed by atoms with van der Waals surface area (Å²) in [6.07, 6.45) is 0. The zero-order valence-corrected chi connectivity index (χ0v) is 46.8. The Hall–Kier alpha value is -7.62. The molecule has 9 aromatic carbocycles. The lowest BCUT2D eigenvalue weighted by atomic mass is 9.62. The van der Waals surface area contributed by atoms with Crippen LogP contribution in [0, 0.1) is 111 Å². The Bertz CT molecular complexity index is 3210. The number of rotatable bonds is 9. The van der Waals surface area contributed by atoms with Crippen LogP contribution in [0.2, 0.25) is 0 Å². The maximum absolute atomic E-state index is 2.57. The van der Waals surface area contributed by atoms with Crippen LogP contribution in [0.15, 0.2) is 152 Å². The quantitative estimate of drug-likeness (QED) is 0.143. The molecule has 10 rings (SSSR count). The van der Waals surface area contributed by atoms with E-state index in [1.807, 2.05) is 0 Å². The monoisotopic (exact) mass is 968 g/mol. The third-order valence-electron chi connectivity index (χ3n) is 17.4. The van der Waals surface area contributed by atoms with E-state index in [0.717, 1.165) is 17.1 Å². The molecule has 1 aliphatic heterocycles. The molecule has 9 aromatic rings. The van der Waals surface area contributed by atoms with E-state index in [-0.39, 0.29) is 0 Å². The van der Waals surface area contributed by atoms with Gasteiger partial charge in [-0.2, -0.15) is 0 Å². The molecule has 0 bridgehead atoms. The Morgan fingerprint density at radius 1 is 0.284 bits per heavy atom. The number of benzene rings is 9. The van der Waals surface area contributed by atoms with Crippen molar-refractivity contribution in [2.24, 2.45) is 0 Å². The van der Waals surface area contributed by atoms with Gasteiger partial charge in [-0.3, -0.25) is 0 Å². The summed E-state index contributed by atoms with van der Waals surface area (Å²) in [6, 6.07) is 57.8. The number of fused-ring (bicyclic) bond motifs is 2. The molecule has 0 radical (unpaired) electrons. The van der Waals surface area contributed by atoms with E-state index in [1.54, 1.807) is 0 Å². The minimum Gasteiger partial charge on any atom is -0.310 e. The van der Waals surface area contributed by atoms with Gasteiger partial charge in [0.15, 0.2) is 0 Å². The molecule has 3 heteroatoms. The summed E-state index contributed by atoms with van der Waals surface area (Å²) in [6.45, 7) is 36.4. The summed E-state index contributed by atoms with van der Waals surface area (Å²) in [5, 5.41) is 0. The normalized spacial score (nSPS) is 12.7. The molecular weight excluding hydrogens is 895 g/mol. The molecule has 0 fully saturated rings. The smallest absolute Gasteiger partial charge is 0.0742 e. The van der Waals surface area contributed by atoms with Crippen molar-refractivity contribution in [3.63, 3.8) is 0 Å². The fourth-order valence-electron chi connectivity index (χ4n) is 12.5. The number of nitrogens with zero attached hydrogens (tertiary/aromatic N) is 3. The fourth-order valence-corrected chi connectivity index (χ4v) is 12.5. The van der Waals surface area contributed by atoms with Gasteiger partial charge in [-0.25, -0.2) is 0 Å². The molecule has 0 amide bonds. The lowest BCUT2D eigenvalue weighted by molar-refractivity contribution is 0.731. The van der Waals surface area contributed by atoms with Gasteiger partial charge >= 0.3 is 0 Å². The summed E-state index contributed by atoms with van der Waals surface area (Å²) >= 11 is 0. The standard InChI is InChI=1S/C71H73N3/c1-42-38-43(2)51(10)67(50(42)9)73(68-52(11)44(3)39-45(4)53(68)12)61-34-30-58(31-35-61)71(63-26-20-22-28-65(63)72(60-24-18-17-19-25-60)66-29-23-21-27-64(66)71)59-32-36-62(37-33-59)74(69-54(13)46(5)40-47(6)55(69)14)70-56(15)48(7)41-49(8)57(70)16/h17-41H,1-16H3. The number of hydrogen-bond donors (Lipinski definition) is 0. The maximum Gasteiger partial charge on any atom is 0.0742 e. The predicted molar refractivity (Wildman–Crippen MR) is 318 cm³/mol. The van der Waals surface area contributed by atoms with Gasteiger partial charge in [0, 0.05) is 17.1 Å². The number of aryl methyl sites for hydroxylation is 8. The summed E-state index contributed by atoms with van der Waals surface area (Å²) in [4.78, 5) is 7.61. The molecule has 0 atom stereocenters. The number of para-hydroxylation sites is 3. The van der Waals surface area contributed by atoms with Crippen molar-refractivity contribution < 1.29 is 0 Å².